The standard InChI is InChI=1S/C23H27FN6O3S/c1-22(2)20(29-21(31)32)30-23(3,19-8-9-28-34(19,22)33)17-10-15(6-7-18(17)24)27-13-16-5-4-14(11-25)12-26-16/h4-7,10,12,19,27,34H,8-9,13H2,1-3H3,(H,28,33)(H,29,30)(H,31,32)/t19-,23+/m0/s1. The van der Waals surface area contributed by atoms with Crippen molar-refractivity contribution in [3.63, 3.8) is 0 Å². The van der Waals surface area contributed by atoms with Crippen molar-refractivity contribution in [1.29, 1.82) is 5.26 Å². The number of hydrogen-bond donors (Lipinski definition) is 5. The van der Waals surface area contributed by atoms with E-state index in [9.17, 15) is 14.1 Å². The van der Waals surface area contributed by atoms with Crippen molar-refractivity contribution in [2.24, 2.45) is 4.99 Å². The van der Waals surface area contributed by atoms with Crippen molar-refractivity contribution in [2.75, 3.05) is 11.9 Å². The molecule has 0 spiro atoms. The Balaban J connectivity index is 1.73. The lowest BCUT2D eigenvalue weighted by Crippen LogP contribution is -2.65. The fraction of sp³-hybridized carbons (Fsp3) is 0.391. The Morgan fingerprint density at radius 2 is 2.12 bits per heavy atom. The Kier molecular flexibility index (Phi) is 5.91. The van der Waals surface area contributed by atoms with Gasteiger partial charge >= 0.3 is 6.09 Å². The number of nitrogens with one attached hydrogen (secondary N) is 3. The van der Waals surface area contributed by atoms with Gasteiger partial charge in [-0.15, -0.1) is 0 Å². The van der Waals surface area contributed by atoms with E-state index in [1.54, 1.807) is 45.0 Å². The zero-order valence-electron chi connectivity index (χ0n) is 19.1. The van der Waals surface area contributed by atoms with Gasteiger partial charge in [0.2, 0.25) is 0 Å². The number of anilines is 1. The summed E-state index contributed by atoms with van der Waals surface area (Å²) in [6, 6.07) is 9.95. The van der Waals surface area contributed by atoms with Crippen LogP contribution in [0.1, 0.15) is 44.0 Å². The van der Waals surface area contributed by atoms with E-state index in [0.717, 1.165) is 0 Å². The van der Waals surface area contributed by atoms with Crippen LogP contribution in [0.2, 0.25) is 0 Å². The van der Waals surface area contributed by atoms with Gasteiger partial charge in [0.1, 0.15) is 23.3 Å². The van der Waals surface area contributed by atoms with Gasteiger partial charge in [0, 0.05) is 24.0 Å². The third-order valence-electron chi connectivity index (χ3n) is 6.77. The molecule has 0 aliphatic carbocycles. The van der Waals surface area contributed by atoms with Gasteiger partial charge in [-0.3, -0.25) is 24.2 Å². The van der Waals surface area contributed by atoms with Gasteiger partial charge in [-0.05, 0) is 67.6 Å². The average Bonchev–Trinajstić information content (AvgIpc) is 3.22. The van der Waals surface area contributed by atoms with E-state index in [1.807, 2.05) is 6.07 Å². The van der Waals surface area contributed by atoms with E-state index in [-0.39, 0.29) is 11.4 Å². The maximum absolute atomic E-state index is 15.2. The van der Waals surface area contributed by atoms with Crippen molar-refractivity contribution in [3.8, 4) is 6.07 Å². The van der Waals surface area contributed by atoms with Crippen molar-refractivity contribution in [1.82, 2.24) is 15.0 Å². The number of halogens is 1. The Hall–Kier alpha value is -3.36. The molecule has 3 heterocycles. The minimum atomic E-state index is -3.21. The highest BCUT2D eigenvalue weighted by atomic mass is 32.3. The van der Waals surface area contributed by atoms with Crippen LogP contribution in [0.5, 0.6) is 0 Å². The molecule has 2 aliphatic rings. The summed E-state index contributed by atoms with van der Waals surface area (Å²) >= 11 is 0. The molecule has 2 aromatic rings. The highest BCUT2D eigenvalue weighted by molar-refractivity contribution is 8.04. The number of pyridine rings is 1. The Morgan fingerprint density at radius 3 is 2.76 bits per heavy atom. The van der Waals surface area contributed by atoms with Crippen molar-refractivity contribution >= 4 is 27.7 Å². The molecule has 0 unspecified atom stereocenters. The molecule has 0 bridgehead atoms. The van der Waals surface area contributed by atoms with Crippen LogP contribution in [0.15, 0.2) is 41.5 Å². The predicted octanol–water partition coefficient (Wildman–Crippen LogP) is 2.67. The van der Waals surface area contributed by atoms with Crippen LogP contribution in [0.3, 0.4) is 0 Å². The molecule has 0 saturated carbocycles. The first kappa shape index (κ1) is 23.8. The number of carbonyl (C=O) groups is 1. The zero-order valence-corrected chi connectivity index (χ0v) is 20.0. The number of nitrogens with zero attached hydrogens (tertiary/aromatic N) is 3. The summed E-state index contributed by atoms with van der Waals surface area (Å²) in [5.41, 5.74) is 0.753. The van der Waals surface area contributed by atoms with Crippen LogP contribution in [0, 0.1) is 17.1 Å². The number of amides is 1. The van der Waals surface area contributed by atoms with Crippen molar-refractivity contribution in [2.45, 2.75) is 49.3 Å². The first-order chi connectivity index (χ1) is 16.0. The average molecular weight is 487 g/mol. The summed E-state index contributed by atoms with van der Waals surface area (Å²) in [4.78, 5) is 20.4. The van der Waals surface area contributed by atoms with Crippen molar-refractivity contribution < 1.29 is 18.5 Å². The molecule has 34 heavy (non-hydrogen) atoms. The SMILES string of the molecule is CC1(C)C(NC(=O)O)=N[C@](C)(c2cc(NCc3ccc(C#N)cn3)ccc2F)[C@@H]2CCN[SH]21=O. The van der Waals surface area contributed by atoms with Crippen LogP contribution in [0.4, 0.5) is 14.9 Å². The third kappa shape index (κ3) is 3.82. The van der Waals surface area contributed by atoms with Gasteiger partial charge in [0.15, 0.2) is 0 Å². The van der Waals surface area contributed by atoms with Crippen LogP contribution >= 0.6 is 0 Å². The number of rotatable bonds is 4. The molecule has 180 valence electrons. The normalized spacial score (nSPS) is 25.4. The predicted molar refractivity (Wildman–Crippen MR) is 129 cm³/mol. The topological polar surface area (TPSA) is 140 Å². The van der Waals surface area contributed by atoms with Crippen LogP contribution in [-0.4, -0.2) is 42.8 Å². The lowest BCUT2D eigenvalue weighted by atomic mass is 9.85. The number of aromatic nitrogens is 1. The highest BCUT2D eigenvalue weighted by Crippen LogP contribution is 2.49. The Labute approximate surface area is 198 Å². The van der Waals surface area contributed by atoms with Gasteiger partial charge in [-0.1, -0.05) is 0 Å². The molecule has 1 saturated heterocycles. The molecule has 2 aliphatic heterocycles. The van der Waals surface area contributed by atoms with Crippen molar-refractivity contribution in [3.05, 3.63) is 59.2 Å². The fourth-order valence-electron chi connectivity index (χ4n) is 4.82. The first-order valence-corrected chi connectivity index (χ1v) is 12.6. The highest BCUT2D eigenvalue weighted by Gasteiger charge is 2.59. The van der Waals surface area contributed by atoms with Gasteiger partial charge in [0.25, 0.3) is 0 Å². The maximum Gasteiger partial charge on any atom is 0.410 e. The number of benzene rings is 1. The second kappa shape index (κ2) is 8.45. The Bertz CT molecular complexity index is 1260. The molecule has 11 heteroatoms. The third-order valence-corrected chi connectivity index (χ3v) is 11.0. The number of thiol groups is 1. The molecule has 1 amide bonds. The van der Waals surface area contributed by atoms with E-state index in [4.69, 9.17) is 10.3 Å². The van der Waals surface area contributed by atoms with Gasteiger partial charge in [-0.25, -0.2) is 9.18 Å². The lowest BCUT2D eigenvalue weighted by Gasteiger charge is -2.51. The molecule has 9 nitrogen and oxygen atoms in total. The van der Waals surface area contributed by atoms with E-state index < -0.39 is 37.6 Å². The van der Waals surface area contributed by atoms with Crippen LogP contribution < -0.4 is 15.4 Å². The summed E-state index contributed by atoms with van der Waals surface area (Å²) in [6.07, 6.45) is 0.686. The smallest absolute Gasteiger partial charge is 0.410 e. The lowest BCUT2D eigenvalue weighted by molar-refractivity contribution is 0.199. The van der Waals surface area contributed by atoms with Gasteiger partial charge in [0.05, 0.1) is 27.8 Å². The number of fused-ring (bicyclic) bond motifs is 1. The molecular weight excluding hydrogens is 459 g/mol. The quantitative estimate of drug-likeness (QED) is 0.421. The summed E-state index contributed by atoms with van der Waals surface area (Å²) < 4.78 is 31.5. The first-order valence-electron chi connectivity index (χ1n) is 10.9. The molecule has 2 atom stereocenters. The van der Waals surface area contributed by atoms with Gasteiger partial charge in [-0.2, -0.15) is 5.26 Å². The van der Waals surface area contributed by atoms with Gasteiger partial charge < -0.3 is 10.4 Å². The summed E-state index contributed by atoms with van der Waals surface area (Å²) in [6.45, 7) is 5.93. The minimum Gasteiger partial charge on any atom is -0.465 e. The maximum atomic E-state index is 15.2. The summed E-state index contributed by atoms with van der Waals surface area (Å²) in [7, 11) is -3.21. The van der Waals surface area contributed by atoms with E-state index in [0.29, 0.717) is 36.5 Å². The fourth-order valence-corrected chi connectivity index (χ4v) is 8.49. The summed E-state index contributed by atoms with van der Waals surface area (Å²) in [5.74, 6) is -0.461. The van der Waals surface area contributed by atoms with Crippen LogP contribution in [0.25, 0.3) is 0 Å². The number of amidine groups is 1. The largest absolute Gasteiger partial charge is 0.465 e. The molecule has 0 radical (unpaired) electrons. The van der Waals surface area contributed by atoms with E-state index in [1.165, 1.54) is 12.3 Å². The molecule has 4 rings (SSSR count). The molecule has 1 aromatic carbocycles. The van der Waals surface area contributed by atoms with Crippen LogP contribution in [-0.2, 0) is 22.2 Å². The molecule has 1 aromatic heterocycles. The van der Waals surface area contributed by atoms with E-state index >= 15 is 4.39 Å². The zero-order chi connectivity index (χ0) is 24.7. The summed E-state index contributed by atoms with van der Waals surface area (Å²) in [5, 5.41) is 23.3. The molecule has 4 N–H and O–H groups in total. The number of aliphatic imine (C=N–C) groups is 1. The number of nitriles is 1. The Morgan fingerprint density at radius 1 is 1.35 bits per heavy atom. The van der Waals surface area contributed by atoms with E-state index in [2.05, 4.69) is 20.3 Å². The minimum absolute atomic E-state index is 0.0519. The molecule has 1 fully saturated rings. The second-order valence-corrected chi connectivity index (χ2v) is 12.5. The number of hydrogen-bond acceptors (Lipinski definition) is 6. The second-order valence-electron chi connectivity index (χ2n) is 9.17. The molecular formula is C23H27FN6O3S. The number of carboxylic acid groups (broad SMARTS) is 1. The monoisotopic (exact) mass is 486 g/mol.